The molecule has 3 heterocycles. The summed E-state index contributed by atoms with van der Waals surface area (Å²) in [4.78, 5) is 57.1. The number of likely N-dealkylation sites (tertiary alicyclic amines) is 1. The minimum atomic E-state index is -0.437. The lowest BCUT2D eigenvalue weighted by Crippen LogP contribution is -2.44. The van der Waals surface area contributed by atoms with Gasteiger partial charge >= 0.3 is 0 Å². The van der Waals surface area contributed by atoms with Gasteiger partial charge in [-0.2, -0.15) is 0 Å². The van der Waals surface area contributed by atoms with Crippen LogP contribution in [0.1, 0.15) is 43.9 Å². The number of piperidine rings is 1. The fraction of sp³-hybridized carbons (Fsp3) is 0.348. The molecule has 1 aromatic heterocycles. The lowest BCUT2D eigenvalue weighted by atomic mass is 9.96. The number of hydrogen-bond acceptors (Lipinski definition) is 6. The first-order valence-electron chi connectivity index (χ1n) is 10.5. The van der Waals surface area contributed by atoms with E-state index >= 15 is 0 Å². The number of aromatic nitrogens is 1. The zero-order valence-corrected chi connectivity index (χ0v) is 18.6. The lowest BCUT2D eigenvalue weighted by Gasteiger charge is -2.32. The van der Waals surface area contributed by atoms with Crippen molar-refractivity contribution in [2.45, 2.75) is 17.9 Å². The molecule has 0 aliphatic carbocycles. The number of thioether (sulfide) groups is 1. The molecule has 0 radical (unpaired) electrons. The van der Waals surface area contributed by atoms with Crippen molar-refractivity contribution < 1.29 is 19.2 Å². The number of fused-ring (bicyclic) bond motifs is 1. The largest absolute Gasteiger partial charge is 0.354 e. The van der Waals surface area contributed by atoms with Crippen LogP contribution in [-0.4, -0.2) is 70.8 Å². The smallest absolute Gasteiger partial charge is 0.262 e. The standard InChI is InChI=1S/C23H24N4O4S/c1-32-20-18(7-4-10-24-20)21(29)26-11-8-15(9-12-26)13-25-19(28)14-27-22(30)16-5-2-3-6-17(16)23(27)31/h2-7,10,15H,8-9,11-14H2,1H3,(H,25,28). The molecule has 1 N–H and O–H groups in total. The molecule has 0 unspecified atom stereocenters. The van der Waals surface area contributed by atoms with Gasteiger partial charge in [0, 0.05) is 25.8 Å². The quantitative estimate of drug-likeness (QED) is 0.532. The number of hydrogen-bond donors (Lipinski definition) is 1. The number of nitrogens with zero attached hydrogens (tertiary/aromatic N) is 3. The number of benzene rings is 1. The Labute approximate surface area is 190 Å². The molecule has 32 heavy (non-hydrogen) atoms. The van der Waals surface area contributed by atoms with E-state index in [9.17, 15) is 19.2 Å². The molecule has 4 amide bonds. The summed E-state index contributed by atoms with van der Waals surface area (Å²) < 4.78 is 0. The summed E-state index contributed by atoms with van der Waals surface area (Å²) in [6.07, 6.45) is 5.12. The van der Waals surface area contributed by atoms with Gasteiger partial charge in [0.1, 0.15) is 11.6 Å². The Kier molecular flexibility index (Phi) is 6.55. The van der Waals surface area contributed by atoms with Gasteiger partial charge in [-0.1, -0.05) is 12.1 Å². The molecule has 2 aromatic rings. The summed E-state index contributed by atoms with van der Waals surface area (Å²) in [6, 6.07) is 10.1. The molecule has 9 heteroatoms. The normalized spacial score (nSPS) is 16.3. The van der Waals surface area contributed by atoms with Crippen molar-refractivity contribution in [3.8, 4) is 0 Å². The van der Waals surface area contributed by atoms with Gasteiger partial charge in [-0.3, -0.25) is 24.1 Å². The van der Waals surface area contributed by atoms with Crippen LogP contribution in [0, 0.1) is 5.92 Å². The lowest BCUT2D eigenvalue weighted by molar-refractivity contribution is -0.121. The van der Waals surface area contributed by atoms with E-state index in [1.54, 1.807) is 42.6 Å². The van der Waals surface area contributed by atoms with Gasteiger partial charge in [-0.15, -0.1) is 11.8 Å². The maximum atomic E-state index is 12.8. The van der Waals surface area contributed by atoms with E-state index in [1.165, 1.54) is 11.8 Å². The molecule has 8 nitrogen and oxygen atoms in total. The number of pyridine rings is 1. The van der Waals surface area contributed by atoms with E-state index in [-0.39, 0.29) is 24.3 Å². The van der Waals surface area contributed by atoms with Crippen molar-refractivity contribution in [3.63, 3.8) is 0 Å². The maximum Gasteiger partial charge on any atom is 0.262 e. The fourth-order valence-electron chi connectivity index (χ4n) is 4.07. The number of rotatable bonds is 6. The van der Waals surface area contributed by atoms with Gasteiger partial charge in [0.15, 0.2) is 0 Å². The second-order valence-corrected chi connectivity index (χ2v) is 8.64. The monoisotopic (exact) mass is 452 g/mol. The third-order valence-electron chi connectivity index (χ3n) is 5.86. The first-order chi connectivity index (χ1) is 15.5. The third kappa shape index (κ3) is 4.38. The van der Waals surface area contributed by atoms with Gasteiger partial charge in [0.05, 0.1) is 16.7 Å². The topological polar surface area (TPSA) is 99.7 Å². The van der Waals surface area contributed by atoms with Gasteiger partial charge in [-0.25, -0.2) is 4.98 Å². The SMILES string of the molecule is CSc1ncccc1C(=O)N1CCC(CNC(=O)CN2C(=O)c3ccccc3C2=O)CC1. The summed E-state index contributed by atoms with van der Waals surface area (Å²) in [5, 5.41) is 3.56. The van der Waals surface area contributed by atoms with Gasteiger partial charge in [0.2, 0.25) is 5.91 Å². The molecule has 4 rings (SSSR count). The Morgan fingerprint density at radius 2 is 1.72 bits per heavy atom. The highest BCUT2D eigenvalue weighted by Crippen LogP contribution is 2.24. The predicted octanol–water partition coefficient (Wildman–Crippen LogP) is 2.07. The summed E-state index contributed by atoms with van der Waals surface area (Å²) in [5.41, 5.74) is 1.29. The first kappa shape index (κ1) is 22.0. The highest BCUT2D eigenvalue weighted by atomic mass is 32.2. The Bertz CT molecular complexity index is 1030. The zero-order chi connectivity index (χ0) is 22.7. The van der Waals surface area contributed by atoms with E-state index in [0.717, 1.165) is 22.8 Å². The van der Waals surface area contributed by atoms with Crippen LogP contribution in [0.15, 0.2) is 47.6 Å². The average Bonchev–Trinajstić information content (AvgIpc) is 3.07. The van der Waals surface area contributed by atoms with Crippen LogP contribution in [0.25, 0.3) is 0 Å². The third-order valence-corrected chi connectivity index (χ3v) is 6.58. The van der Waals surface area contributed by atoms with Crippen LogP contribution in [-0.2, 0) is 4.79 Å². The van der Waals surface area contributed by atoms with Crippen LogP contribution < -0.4 is 5.32 Å². The molecular formula is C23H24N4O4S. The van der Waals surface area contributed by atoms with Crippen molar-refractivity contribution in [3.05, 3.63) is 59.3 Å². The maximum absolute atomic E-state index is 12.8. The van der Waals surface area contributed by atoms with E-state index < -0.39 is 11.8 Å². The van der Waals surface area contributed by atoms with Gasteiger partial charge < -0.3 is 10.2 Å². The molecule has 1 aromatic carbocycles. The number of carbonyl (C=O) groups excluding carboxylic acids is 4. The van der Waals surface area contributed by atoms with Crippen LogP contribution in [0.3, 0.4) is 0 Å². The Morgan fingerprint density at radius 3 is 2.34 bits per heavy atom. The molecule has 1 fully saturated rings. The van der Waals surface area contributed by atoms with Crippen molar-refractivity contribution in [1.82, 2.24) is 20.1 Å². The van der Waals surface area contributed by atoms with Crippen LogP contribution in [0.4, 0.5) is 0 Å². The summed E-state index contributed by atoms with van der Waals surface area (Å²) >= 11 is 1.45. The molecule has 2 aliphatic heterocycles. The second kappa shape index (κ2) is 9.52. The minimum absolute atomic E-state index is 0.0180. The number of carbonyl (C=O) groups is 4. The summed E-state index contributed by atoms with van der Waals surface area (Å²) in [7, 11) is 0. The van der Waals surface area contributed by atoms with E-state index in [1.807, 2.05) is 11.2 Å². The van der Waals surface area contributed by atoms with Crippen molar-refractivity contribution in [2.24, 2.45) is 5.92 Å². The molecule has 0 spiro atoms. The van der Waals surface area contributed by atoms with Crippen LogP contribution in [0.2, 0.25) is 0 Å². The Hall–Kier alpha value is -3.20. The molecule has 0 atom stereocenters. The van der Waals surface area contributed by atoms with E-state index in [2.05, 4.69) is 10.3 Å². The molecule has 0 saturated carbocycles. The fourth-order valence-corrected chi connectivity index (χ4v) is 4.61. The van der Waals surface area contributed by atoms with Crippen molar-refractivity contribution in [2.75, 3.05) is 32.4 Å². The van der Waals surface area contributed by atoms with E-state index in [4.69, 9.17) is 0 Å². The number of imide groups is 1. The summed E-state index contributed by atoms with van der Waals surface area (Å²) in [5.74, 6) is -1.02. The predicted molar refractivity (Wildman–Crippen MR) is 119 cm³/mol. The Morgan fingerprint density at radius 1 is 1.06 bits per heavy atom. The molecule has 0 bridgehead atoms. The van der Waals surface area contributed by atoms with E-state index in [0.29, 0.717) is 36.3 Å². The molecule has 166 valence electrons. The summed E-state index contributed by atoms with van der Waals surface area (Å²) in [6.45, 7) is 1.39. The minimum Gasteiger partial charge on any atom is -0.354 e. The molecule has 2 aliphatic rings. The van der Waals surface area contributed by atoms with Gasteiger partial charge in [0.25, 0.3) is 17.7 Å². The average molecular weight is 453 g/mol. The van der Waals surface area contributed by atoms with Crippen molar-refractivity contribution >= 4 is 35.4 Å². The van der Waals surface area contributed by atoms with Crippen LogP contribution in [0.5, 0.6) is 0 Å². The highest BCUT2D eigenvalue weighted by molar-refractivity contribution is 7.98. The zero-order valence-electron chi connectivity index (χ0n) is 17.7. The van der Waals surface area contributed by atoms with Crippen LogP contribution >= 0.6 is 11.8 Å². The number of nitrogens with one attached hydrogen (secondary N) is 1. The molecule has 1 saturated heterocycles. The highest BCUT2D eigenvalue weighted by Gasteiger charge is 2.36. The first-order valence-corrected chi connectivity index (χ1v) is 11.7. The molecular weight excluding hydrogens is 428 g/mol. The Balaban J connectivity index is 1.25. The van der Waals surface area contributed by atoms with Gasteiger partial charge in [-0.05, 0) is 49.3 Å². The van der Waals surface area contributed by atoms with Crippen molar-refractivity contribution in [1.29, 1.82) is 0 Å². The second-order valence-electron chi connectivity index (χ2n) is 7.84. The number of amides is 4.